The van der Waals surface area contributed by atoms with E-state index < -0.39 is 0 Å². The van der Waals surface area contributed by atoms with E-state index in [0.29, 0.717) is 26.4 Å². The summed E-state index contributed by atoms with van der Waals surface area (Å²) in [5.41, 5.74) is 6.98. The quantitative estimate of drug-likeness (QED) is 0.698. The highest BCUT2D eigenvalue weighted by Gasteiger charge is 2.13. The number of hydrogen-bond acceptors (Lipinski definition) is 4. The van der Waals surface area contributed by atoms with Gasteiger partial charge < -0.3 is 19.9 Å². The van der Waals surface area contributed by atoms with Crippen LogP contribution in [0.15, 0.2) is 16.6 Å². The Morgan fingerprint density at radius 2 is 1.90 bits per heavy atom. The second-order valence-corrected chi connectivity index (χ2v) is 5.42. The van der Waals surface area contributed by atoms with Crippen molar-refractivity contribution >= 4 is 15.9 Å². The molecule has 1 unspecified atom stereocenters. The minimum Gasteiger partial charge on any atom is -0.490 e. The molecule has 0 saturated carbocycles. The first-order valence-corrected chi connectivity index (χ1v) is 7.79. The molecule has 20 heavy (non-hydrogen) atoms. The fraction of sp³-hybridized carbons (Fsp3) is 0.600. The highest BCUT2D eigenvalue weighted by molar-refractivity contribution is 9.10. The number of nitrogens with two attached hydrogens (primary N) is 1. The van der Waals surface area contributed by atoms with Crippen LogP contribution in [-0.2, 0) is 11.2 Å². The van der Waals surface area contributed by atoms with E-state index in [1.165, 1.54) is 0 Å². The zero-order valence-electron chi connectivity index (χ0n) is 12.4. The molecule has 0 heterocycles. The van der Waals surface area contributed by atoms with Crippen molar-refractivity contribution in [3.8, 4) is 11.5 Å². The minimum absolute atomic E-state index is 0.112. The van der Waals surface area contributed by atoms with E-state index in [2.05, 4.69) is 15.9 Å². The van der Waals surface area contributed by atoms with Crippen LogP contribution in [-0.4, -0.2) is 32.5 Å². The summed E-state index contributed by atoms with van der Waals surface area (Å²) in [6.45, 7) is 8.25. The molecular weight excluding hydrogens is 322 g/mol. The summed E-state index contributed by atoms with van der Waals surface area (Å²) in [4.78, 5) is 0. The Kier molecular flexibility index (Phi) is 7.95. The van der Waals surface area contributed by atoms with Gasteiger partial charge in [0.15, 0.2) is 11.5 Å². The molecular formula is C15H24BrNO3. The molecule has 0 spiro atoms. The molecule has 0 aliphatic rings. The van der Waals surface area contributed by atoms with Crippen molar-refractivity contribution in [2.75, 3.05) is 26.4 Å². The summed E-state index contributed by atoms with van der Waals surface area (Å²) >= 11 is 3.54. The third-order valence-electron chi connectivity index (χ3n) is 2.61. The van der Waals surface area contributed by atoms with Gasteiger partial charge >= 0.3 is 0 Å². The largest absolute Gasteiger partial charge is 0.490 e. The molecule has 1 aromatic carbocycles. The molecule has 5 heteroatoms. The SMILES string of the molecule is CCOCCOc1c(Br)cc(CC(C)N)cc1OCC. The average Bonchev–Trinajstić information content (AvgIpc) is 2.36. The maximum Gasteiger partial charge on any atom is 0.175 e. The van der Waals surface area contributed by atoms with Gasteiger partial charge in [0.25, 0.3) is 0 Å². The van der Waals surface area contributed by atoms with Gasteiger partial charge in [0.2, 0.25) is 0 Å². The van der Waals surface area contributed by atoms with E-state index in [1.807, 2.05) is 32.9 Å². The highest BCUT2D eigenvalue weighted by Crippen LogP contribution is 2.37. The molecule has 4 nitrogen and oxygen atoms in total. The van der Waals surface area contributed by atoms with E-state index in [1.54, 1.807) is 0 Å². The molecule has 0 saturated heterocycles. The molecule has 1 atom stereocenters. The zero-order chi connectivity index (χ0) is 15.0. The van der Waals surface area contributed by atoms with Gasteiger partial charge in [-0.3, -0.25) is 0 Å². The second kappa shape index (κ2) is 9.21. The number of rotatable bonds is 9. The third-order valence-corrected chi connectivity index (χ3v) is 3.19. The number of halogens is 1. The predicted molar refractivity (Wildman–Crippen MR) is 84.7 cm³/mol. The second-order valence-electron chi connectivity index (χ2n) is 4.56. The van der Waals surface area contributed by atoms with Gasteiger partial charge in [-0.25, -0.2) is 0 Å². The van der Waals surface area contributed by atoms with E-state index in [0.717, 1.165) is 28.0 Å². The van der Waals surface area contributed by atoms with Crippen molar-refractivity contribution < 1.29 is 14.2 Å². The fourth-order valence-corrected chi connectivity index (χ4v) is 2.46. The molecule has 0 aromatic heterocycles. The van der Waals surface area contributed by atoms with Gasteiger partial charge in [0.05, 0.1) is 17.7 Å². The van der Waals surface area contributed by atoms with Gasteiger partial charge in [0.1, 0.15) is 6.61 Å². The third kappa shape index (κ3) is 5.69. The van der Waals surface area contributed by atoms with Crippen molar-refractivity contribution in [1.29, 1.82) is 0 Å². The molecule has 0 aliphatic heterocycles. The molecule has 0 amide bonds. The normalized spacial score (nSPS) is 12.2. The van der Waals surface area contributed by atoms with Crippen LogP contribution in [0.2, 0.25) is 0 Å². The lowest BCUT2D eigenvalue weighted by Crippen LogP contribution is -2.18. The van der Waals surface area contributed by atoms with Gasteiger partial charge in [-0.2, -0.15) is 0 Å². The van der Waals surface area contributed by atoms with Crippen LogP contribution >= 0.6 is 15.9 Å². The zero-order valence-corrected chi connectivity index (χ0v) is 14.0. The first-order chi connectivity index (χ1) is 9.58. The van der Waals surface area contributed by atoms with Crippen LogP contribution in [0.25, 0.3) is 0 Å². The molecule has 1 aromatic rings. The smallest absolute Gasteiger partial charge is 0.175 e. The fourth-order valence-electron chi connectivity index (χ4n) is 1.86. The Hall–Kier alpha value is -0.780. The lowest BCUT2D eigenvalue weighted by Gasteiger charge is -2.16. The first kappa shape index (κ1) is 17.3. The van der Waals surface area contributed by atoms with Crippen LogP contribution < -0.4 is 15.2 Å². The molecule has 0 radical (unpaired) electrons. The Morgan fingerprint density at radius 1 is 1.15 bits per heavy atom. The van der Waals surface area contributed by atoms with E-state index >= 15 is 0 Å². The van der Waals surface area contributed by atoms with Gasteiger partial charge in [-0.15, -0.1) is 0 Å². The van der Waals surface area contributed by atoms with Crippen molar-refractivity contribution in [2.24, 2.45) is 5.73 Å². The molecule has 2 N–H and O–H groups in total. The first-order valence-electron chi connectivity index (χ1n) is 6.99. The standard InChI is InChI=1S/C15H24BrNO3/c1-4-18-6-7-20-15-13(16)9-12(8-11(3)17)10-14(15)19-5-2/h9-11H,4-8,17H2,1-3H3. The summed E-state index contributed by atoms with van der Waals surface area (Å²) in [6, 6.07) is 4.14. The Morgan fingerprint density at radius 3 is 2.50 bits per heavy atom. The number of hydrogen-bond donors (Lipinski definition) is 1. The highest BCUT2D eigenvalue weighted by atomic mass is 79.9. The maximum absolute atomic E-state index is 5.85. The van der Waals surface area contributed by atoms with Crippen molar-refractivity contribution in [2.45, 2.75) is 33.2 Å². The van der Waals surface area contributed by atoms with Crippen LogP contribution in [0.5, 0.6) is 11.5 Å². The van der Waals surface area contributed by atoms with Crippen LogP contribution in [0.4, 0.5) is 0 Å². The summed E-state index contributed by atoms with van der Waals surface area (Å²) in [5.74, 6) is 1.47. The summed E-state index contributed by atoms with van der Waals surface area (Å²) < 4.78 is 17.6. The summed E-state index contributed by atoms with van der Waals surface area (Å²) in [7, 11) is 0. The van der Waals surface area contributed by atoms with Gasteiger partial charge in [-0.05, 0) is 60.8 Å². The number of benzene rings is 1. The monoisotopic (exact) mass is 345 g/mol. The Labute approximate surface area is 129 Å². The van der Waals surface area contributed by atoms with Crippen LogP contribution in [0.1, 0.15) is 26.3 Å². The van der Waals surface area contributed by atoms with Gasteiger partial charge in [-0.1, -0.05) is 0 Å². The maximum atomic E-state index is 5.85. The molecule has 1 rings (SSSR count). The summed E-state index contributed by atoms with van der Waals surface area (Å²) in [5, 5.41) is 0. The Balaban J connectivity index is 2.85. The number of ether oxygens (including phenoxy) is 3. The summed E-state index contributed by atoms with van der Waals surface area (Å²) in [6.07, 6.45) is 0.803. The van der Waals surface area contributed by atoms with Gasteiger partial charge in [0, 0.05) is 12.6 Å². The lowest BCUT2D eigenvalue weighted by molar-refractivity contribution is 0.108. The molecule has 114 valence electrons. The van der Waals surface area contributed by atoms with Crippen LogP contribution in [0, 0.1) is 0 Å². The van der Waals surface area contributed by atoms with Crippen molar-refractivity contribution in [1.82, 2.24) is 0 Å². The predicted octanol–water partition coefficient (Wildman–Crippen LogP) is 3.15. The van der Waals surface area contributed by atoms with Crippen LogP contribution in [0.3, 0.4) is 0 Å². The lowest BCUT2D eigenvalue weighted by atomic mass is 10.1. The van der Waals surface area contributed by atoms with Crippen molar-refractivity contribution in [3.05, 3.63) is 22.2 Å². The van der Waals surface area contributed by atoms with Crippen molar-refractivity contribution in [3.63, 3.8) is 0 Å². The molecule has 0 fully saturated rings. The Bertz CT molecular complexity index is 410. The van der Waals surface area contributed by atoms with E-state index in [4.69, 9.17) is 19.9 Å². The van der Waals surface area contributed by atoms with E-state index in [9.17, 15) is 0 Å². The topological polar surface area (TPSA) is 53.7 Å². The average molecular weight is 346 g/mol. The minimum atomic E-state index is 0.112. The molecule has 0 aliphatic carbocycles. The molecule has 0 bridgehead atoms. The van der Waals surface area contributed by atoms with E-state index in [-0.39, 0.29) is 6.04 Å².